The molecule has 0 aliphatic heterocycles. The highest BCUT2D eigenvalue weighted by molar-refractivity contribution is 5.97. The SMILES string of the molecule is CCn1nnc2cc(C(=O)N[C@H]3CCCC[C@@H]3C(F)(F)F)ccc21. The molecule has 1 amide bonds. The van der Waals surface area contributed by atoms with E-state index in [1.165, 1.54) is 0 Å². The van der Waals surface area contributed by atoms with Crippen molar-refractivity contribution in [2.75, 3.05) is 0 Å². The molecule has 0 unspecified atom stereocenters. The summed E-state index contributed by atoms with van der Waals surface area (Å²) in [5.41, 5.74) is 1.65. The van der Waals surface area contributed by atoms with Crippen LogP contribution in [0.3, 0.4) is 0 Å². The number of aryl methyl sites for hydroxylation is 1. The number of nitrogens with zero attached hydrogens (tertiary/aromatic N) is 3. The fourth-order valence-electron chi connectivity index (χ4n) is 3.29. The first-order valence-electron chi connectivity index (χ1n) is 8.11. The molecule has 3 rings (SSSR count). The number of alkyl halides is 3. The van der Waals surface area contributed by atoms with Crippen molar-refractivity contribution in [1.82, 2.24) is 20.3 Å². The molecular weight excluding hydrogens is 321 g/mol. The van der Waals surface area contributed by atoms with Crippen LogP contribution in [0.2, 0.25) is 0 Å². The third-order valence-electron chi connectivity index (χ3n) is 4.58. The van der Waals surface area contributed by atoms with Gasteiger partial charge in [0.05, 0.1) is 11.4 Å². The molecule has 0 saturated heterocycles. The molecule has 0 spiro atoms. The zero-order valence-electron chi connectivity index (χ0n) is 13.3. The molecule has 1 aromatic heterocycles. The van der Waals surface area contributed by atoms with Gasteiger partial charge in [-0.15, -0.1) is 5.10 Å². The second-order valence-electron chi connectivity index (χ2n) is 6.12. The number of hydrogen-bond acceptors (Lipinski definition) is 3. The zero-order valence-corrected chi connectivity index (χ0v) is 13.3. The number of nitrogens with one attached hydrogen (secondary N) is 1. The Kier molecular flexibility index (Phi) is 4.47. The van der Waals surface area contributed by atoms with Crippen LogP contribution in [0, 0.1) is 5.92 Å². The van der Waals surface area contributed by atoms with E-state index in [0.29, 0.717) is 36.9 Å². The van der Waals surface area contributed by atoms with Gasteiger partial charge < -0.3 is 5.32 Å². The predicted molar refractivity (Wildman–Crippen MR) is 82.5 cm³/mol. The Morgan fingerprint density at radius 2 is 2.08 bits per heavy atom. The first-order valence-corrected chi connectivity index (χ1v) is 8.11. The van der Waals surface area contributed by atoms with E-state index in [1.54, 1.807) is 22.9 Å². The Hall–Kier alpha value is -2.12. The van der Waals surface area contributed by atoms with Gasteiger partial charge in [0.2, 0.25) is 0 Å². The molecular formula is C16H19F3N4O. The fraction of sp³-hybridized carbons (Fsp3) is 0.562. The average Bonchev–Trinajstić information content (AvgIpc) is 2.96. The molecule has 2 atom stereocenters. The van der Waals surface area contributed by atoms with Crippen molar-refractivity contribution in [1.29, 1.82) is 0 Å². The molecule has 0 bridgehead atoms. The predicted octanol–water partition coefficient (Wildman–Crippen LogP) is 3.30. The maximum Gasteiger partial charge on any atom is 0.393 e. The largest absolute Gasteiger partial charge is 0.393 e. The first-order chi connectivity index (χ1) is 11.4. The second kappa shape index (κ2) is 6.41. The summed E-state index contributed by atoms with van der Waals surface area (Å²) < 4.78 is 41.1. The monoisotopic (exact) mass is 340 g/mol. The summed E-state index contributed by atoms with van der Waals surface area (Å²) >= 11 is 0. The lowest BCUT2D eigenvalue weighted by Gasteiger charge is -2.33. The van der Waals surface area contributed by atoms with E-state index in [-0.39, 0.29) is 6.42 Å². The summed E-state index contributed by atoms with van der Waals surface area (Å²) in [6.45, 7) is 2.58. The Balaban J connectivity index is 1.78. The van der Waals surface area contributed by atoms with Gasteiger partial charge in [0.25, 0.3) is 5.91 Å². The van der Waals surface area contributed by atoms with Crippen LogP contribution in [0.4, 0.5) is 13.2 Å². The average molecular weight is 340 g/mol. The zero-order chi connectivity index (χ0) is 17.3. The number of fused-ring (bicyclic) bond motifs is 1. The Labute approximate surface area is 137 Å². The van der Waals surface area contributed by atoms with E-state index in [9.17, 15) is 18.0 Å². The summed E-state index contributed by atoms with van der Waals surface area (Å²) in [6.07, 6.45) is -2.63. The normalized spacial score (nSPS) is 21.8. The van der Waals surface area contributed by atoms with Gasteiger partial charge in [-0.1, -0.05) is 18.1 Å². The molecule has 8 heteroatoms. The number of carbonyl (C=O) groups is 1. The number of carbonyl (C=O) groups excluding carboxylic acids is 1. The lowest BCUT2D eigenvalue weighted by Crippen LogP contribution is -2.47. The standard InChI is InChI=1S/C16H19F3N4O/c1-2-23-14-8-7-10(9-13(14)21-22-23)15(24)20-12-6-4-3-5-11(12)16(17,18)19/h7-9,11-12H,2-6H2,1H3,(H,20,24)/t11-,12-/m0/s1. The van der Waals surface area contributed by atoms with Crippen LogP contribution in [-0.2, 0) is 6.54 Å². The summed E-state index contributed by atoms with van der Waals surface area (Å²) in [6, 6.07) is 4.01. The molecule has 1 fully saturated rings. The van der Waals surface area contributed by atoms with E-state index in [1.807, 2.05) is 6.92 Å². The van der Waals surface area contributed by atoms with Gasteiger partial charge in [0, 0.05) is 18.2 Å². The second-order valence-corrected chi connectivity index (χ2v) is 6.12. The van der Waals surface area contributed by atoms with Crippen LogP contribution in [0.1, 0.15) is 43.0 Å². The van der Waals surface area contributed by atoms with Crippen molar-refractivity contribution >= 4 is 16.9 Å². The van der Waals surface area contributed by atoms with Crippen LogP contribution in [0.5, 0.6) is 0 Å². The van der Waals surface area contributed by atoms with E-state index < -0.39 is 24.0 Å². The van der Waals surface area contributed by atoms with Crippen molar-refractivity contribution < 1.29 is 18.0 Å². The highest BCUT2D eigenvalue weighted by Crippen LogP contribution is 2.37. The molecule has 1 aliphatic carbocycles. The van der Waals surface area contributed by atoms with E-state index in [0.717, 1.165) is 5.52 Å². The number of amides is 1. The Morgan fingerprint density at radius 1 is 1.33 bits per heavy atom. The van der Waals surface area contributed by atoms with E-state index in [4.69, 9.17) is 0 Å². The fourth-order valence-corrected chi connectivity index (χ4v) is 3.29. The molecule has 130 valence electrons. The number of benzene rings is 1. The maximum atomic E-state index is 13.1. The van der Waals surface area contributed by atoms with Gasteiger partial charge >= 0.3 is 6.18 Å². The molecule has 1 heterocycles. The Morgan fingerprint density at radius 3 is 2.79 bits per heavy atom. The van der Waals surface area contributed by atoms with E-state index in [2.05, 4.69) is 15.6 Å². The molecule has 0 radical (unpaired) electrons. The molecule has 24 heavy (non-hydrogen) atoms. The molecule has 1 aromatic carbocycles. The molecule has 2 aromatic rings. The van der Waals surface area contributed by atoms with Crippen molar-refractivity contribution in [2.45, 2.75) is 51.4 Å². The lowest BCUT2D eigenvalue weighted by atomic mass is 9.84. The number of halogens is 3. The number of rotatable bonds is 3. The van der Waals surface area contributed by atoms with Gasteiger partial charge in [-0.3, -0.25) is 4.79 Å². The highest BCUT2D eigenvalue weighted by atomic mass is 19.4. The van der Waals surface area contributed by atoms with Crippen LogP contribution in [-0.4, -0.2) is 33.1 Å². The van der Waals surface area contributed by atoms with Crippen molar-refractivity contribution in [3.8, 4) is 0 Å². The summed E-state index contributed by atoms with van der Waals surface area (Å²) in [5, 5.41) is 10.5. The molecule has 1 aliphatic rings. The highest BCUT2D eigenvalue weighted by Gasteiger charge is 2.46. The molecule has 1 N–H and O–H groups in total. The minimum absolute atomic E-state index is 0.0678. The maximum absolute atomic E-state index is 13.1. The number of hydrogen-bond donors (Lipinski definition) is 1. The van der Waals surface area contributed by atoms with Crippen molar-refractivity contribution in [2.24, 2.45) is 5.92 Å². The minimum atomic E-state index is -4.29. The van der Waals surface area contributed by atoms with Crippen LogP contribution in [0.15, 0.2) is 18.2 Å². The van der Waals surface area contributed by atoms with Crippen LogP contribution < -0.4 is 5.32 Å². The van der Waals surface area contributed by atoms with Crippen molar-refractivity contribution in [3.05, 3.63) is 23.8 Å². The first kappa shape index (κ1) is 16.7. The van der Waals surface area contributed by atoms with Crippen molar-refractivity contribution in [3.63, 3.8) is 0 Å². The minimum Gasteiger partial charge on any atom is -0.349 e. The van der Waals surface area contributed by atoms with Gasteiger partial charge in [-0.25, -0.2) is 4.68 Å². The summed E-state index contributed by atoms with van der Waals surface area (Å²) in [5.74, 6) is -1.97. The third kappa shape index (κ3) is 3.22. The topological polar surface area (TPSA) is 59.8 Å². The van der Waals surface area contributed by atoms with Crippen LogP contribution >= 0.6 is 0 Å². The molecule has 5 nitrogen and oxygen atoms in total. The smallest absolute Gasteiger partial charge is 0.349 e. The van der Waals surface area contributed by atoms with Gasteiger partial charge in [0.15, 0.2) is 0 Å². The quantitative estimate of drug-likeness (QED) is 0.933. The number of aromatic nitrogens is 3. The van der Waals surface area contributed by atoms with E-state index >= 15 is 0 Å². The van der Waals surface area contributed by atoms with Crippen LogP contribution in [0.25, 0.3) is 11.0 Å². The summed E-state index contributed by atoms with van der Waals surface area (Å²) in [7, 11) is 0. The summed E-state index contributed by atoms with van der Waals surface area (Å²) in [4.78, 5) is 12.4. The van der Waals surface area contributed by atoms with Gasteiger partial charge in [0.1, 0.15) is 5.52 Å². The lowest BCUT2D eigenvalue weighted by molar-refractivity contribution is -0.187. The Bertz CT molecular complexity index is 740. The molecule has 1 saturated carbocycles. The van der Waals surface area contributed by atoms with Gasteiger partial charge in [-0.05, 0) is 38.0 Å². The third-order valence-corrected chi connectivity index (χ3v) is 4.58. The van der Waals surface area contributed by atoms with Gasteiger partial charge in [-0.2, -0.15) is 13.2 Å².